The maximum Gasteiger partial charge on any atom is 0.191 e. The molecule has 0 spiro atoms. The third-order valence-corrected chi connectivity index (χ3v) is 4.51. The monoisotopic (exact) mass is 501 g/mol. The molecule has 3 rings (SSSR count). The molecule has 0 aliphatic heterocycles. The van der Waals surface area contributed by atoms with Crippen molar-refractivity contribution in [3.8, 4) is 5.75 Å². The lowest BCUT2D eigenvalue weighted by Gasteiger charge is -2.19. The van der Waals surface area contributed by atoms with Crippen LogP contribution in [0.1, 0.15) is 38.3 Å². The van der Waals surface area contributed by atoms with E-state index in [0.29, 0.717) is 30.8 Å². The van der Waals surface area contributed by atoms with E-state index < -0.39 is 0 Å². The number of hydrogen-bond acceptors (Lipinski definition) is 3. The largest absolute Gasteiger partial charge is 0.490 e. The molecule has 0 amide bonds. The van der Waals surface area contributed by atoms with Gasteiger partial charge in [0.25, 0.3) is 0 Å². The Hall–Kier alpha value is -1.84. The van der Waals surface area contributed by atoms with Gasteiger partial charge in [-0.1, -0.05) is 6.07 Å². The van der Waals surface area contributed by atoms with Gasteiger partial charge in [-0.3, -0.25) is 4.99 Å². The van der Waals surface area contributed by atoms with Crippen molar-refractivity contribution in [1.82, 2.24) is 20.2 Å². The lowest BCUT2D eigenvalue weighted by atomic mass is 10.1. The normalized spacial score (nSPS) is 14.9. The fourth-order valence-corrected chi connectivity index (χ4v) is 2.70. The Balaban J connectivity index is 0.00000280. The second-order valence-corrected chi connectivity index (χ2v) is 6.87. The zero-order valence-corrected chi connectivity index (χ0v) is 18.7. The van der Waals surface area contributed by atoms with Gasteiger partial charge in [0.2, 0.25) is 0 Å². The van der Waals surface area contributed by atoms with E-state index >= 15 is 0 Å². The minimum absolute atomic E-state index is 0. The van der Waals surface area contributed by atoms with E-state index in [4.69, 9.17) is 4.74 Å². The molecule has 1 saturated carbocycles. The number of benzene rings is 1. The summed E-state index contributed by atoms with van der Waals surface area (Å²) < 4.78 is 21.9. The lowest BCUT2D eigenvalue weighted by Crippen LogP contribution is -2.39. The quantitative estimate of drug-likeness (QED) is 0.312. The van der Waals surface area contributed by atoms with Crippen LogP contribution in [-0.2, 0) is 6.54 Å². The number of guanidine groups is 1. The first-order valence-corrected chi connectivity index (χ1v) is 9.58. The number of aliphatic imine (C=N–C) groups is 1. The maximum atomic E-state index is 14.3. The van der Waals surface area contributed by atoms with Gasteiger partial charge in [0.15, 0.2) is 17.5 Å². The molecule has 154 valence electrons. The topological polar surface area (TPSA) is 63.5 Å². The number of aromatic nitrogens is 2. The number of imidazole rings is 1. The number of halogens is 2. The highest BCUT2D eigenvalue weighted by molar-refractivity contribution is 14.0. The summed E-state index contributed by atoms with van der Waals surface area (Å²) in [5.41, 5.74) is 0.853. The van der Waals surface area contributed by atoms with E-state index in [0.717, 1.165) is 18.7 Å². The molecular formula is C20H29FIN5O. The van der Waals surface area contributed by atoms with Gasteiger partial charge in [-0.05, 0) is 50.3 Å². The Morgan fingerprint density at radius 2 is 2.25 bits per heavy atom. The summed E-state index contributed by atoms with van der Waals surface area (Å²) >= 11 is 0. The number of nitrogens with one attached hydrogen (secondary N) is 2. The second-order valence-electron chi connectivity index (χ2n) is 6.87. The summed E-state index contributed by atoms with van der Waals surface area (Å²) in [5.74, 6) is 1.33. The highest BCUT2D eigenvalue weighted by Gasteiger charge is 2.22. The average Bonchev–Trinajstić information content (AvgIpc) is 3.34. The van der Waals surface area contributed by atoms with Crippen LogP contribution in [0, 0.1) is 11.7 Å². The smallest absolute Gasteiger partial charge is 0.191 e. The third kappa shape index (κ3) is 6.96. The van der Waals surface area contributed by atoms with Crippen LogP contribution in [0.25, 0.3) is 0 Å². The highest BCUT2D eigenvalue weighted by Crippen LogP contribution is 2.30. The van der Waals surface area contributed by atoms with Crippen molar-refractivity contribution in [1.29, 1.82) is 0 Å². The first-order valence-electron chi connectivity index (χ1n) is 9.58. The van der Waals surface area contributed by atoms with Crippen molar-refractivity contribution >= 4 is 29.9 Å². The van der Waals surface area contributed by atoms with Crippen LogP contribution in [0.2, 0.25) is 0 Å². The van der Waals surface area contributed by atoms with E-state index in [1.807, 2.05) is 30.7 Å². The van der Waals surface area contributed by atoms with Gasteiger partial charge in [-0.15, -0.1) is 24.0 Å². The Kier molecular flexibility index (Phi) is 9.01. The summed E-state index contributed by atoms with van der Waals surface area (Å²) in [6.45, 7) is 6.75. The molecule has 1 aromatic carbocycles. The number of ether oxygens (including phenoxy) is 1. The standard InChI is InChI=1S/C20H28FN5O.HI/c1-3-23-20(24-9-11-26-10-8-22-14-26)25-15(2)17-6-7-19(18(21)12-17)27-13-16-4-5-16;/h6-8,10,12,14-16H,3-5,9,11,13H2,1-2H3,(H2,23,24,25);1H. The third-order valence-electron chi connectivity index (χ3n) is 4.51. The van der Waals surface area contributed by atoms with Crippen molar-refractivity contribution in [2.24, 2.45) is 10.9 Å². The van der Waals surface area contributed by atoms with Gasteiger partial charge in [0.1, 0.15) is 0 Å². The molecule has 1 aliphatic carbocycles. The molecule has 8 heteroatoms. The second kappa shape index (κ2) is 11.2. The van der Waals surface area contributed by atoms with Crippen molar-refractivity contribution in [3.05, 3.63) is 48.3 Å². The molecule has 0 bridgehead atoms. The highest BCUT2D eigenvalue weighted by atomic mass is 127. The van der Waals surface area contributed by atoms with Crippen LogP contribution in [0.15, 0.2) is 41.9 Å². The zero-order valence-electron chi connectivity index (χ0n) is 16.4. The predicted octanol–water partition coefficient (Wildman–Crippen LogP) is 3.75. The molecule has 28 heavy (non-hydrogen) atoms. The van der Waals surface area contributed by atoms with Crippen LogP contribution in [-0.4, -0.2) is 35.2 Å². The minimum atomic E-state index is -0.316. The van der Waals surface area contributed by atoms with Crippen molar-refractivity contribution in [3.63, 3.8) is 0 Å². The van der Waals surface area contributed by atoms with Crippen molar-refractivity contribution < 1.29 is 9.13 Å². The van der Waals surface area contributed by atoms with Crippen LogP contribution in [0.3, 0.4) is 0 Å². The van der Waals surface area contributed by atoms with E-state index in [9.17, 15) is 4.39 Å². The molecule has 6 nitrogen and oxygen atoms in total. The van der Waals surface area contributed by atoms with Crippen LogP contribution in [0.5, 0.6) is 5.75 Å². The number of rotatable bonds is 9. The number of nitrogens with zero attached hydrogens (tertiary/aromatic N) is 3. The molecule has 2 aromatic rings. The Bertz CT molecular complexity index is 749. The average molecular weight is 501 g/mol. The zero-order chi connectivity index (χ0) is 19.1. The molecule has 1 aromatic heterocycles. The summed E-state index contributed by atoms with van der Waals surface area (Å²) in [7, 11) is 0. The van der Waals surface area contributed by atoms with Crippen LogP contribution >= 0.6 is 24.0 Å². The van der Waals surface area contributed by atoms with Crippen molar-refractivity contribution in [2.75, 3.05) is 19.7 Å². The Morgan fingerprint density at radius 1 is 1.43 bits per heavy atom. The Labute approximate surface area is 183 Å². The maximum absolute atomic E-state index is 14.3. The van der Waals surface area contributed by atoms with E-state index in [-0.39, 0.29) is 35.8 Å². The predicted molar refractivity (Wildman–Crippen MR) is 120 cm³/mol. The van der Waals surface area contributed by atoms with Crippen LogP contribution in [0.4, 0.5) is 4.39 Å². The molecular weight excluding hydrogens is 472 g/mol. The van der Waals surface area contributed by atoms with Gasteiger partial charge in [-0.25, -0.2) is 9.37 Å². The molecule has 1 heterocycles. The molecule has 0 saturated heterocycles. The summed E-state index contributed by atoms with van der Waals surface area (Å²) in [5, 5.41) is 6.55. The van der Waals surface area contributed by atoms with Gasteiger partial charge >= 0.3 is 0 Å². The summed E-state index contributed by atoms with van der Waals surface area (Å²) in [6.07, 6.45) is 7.81. The van der Waals surface area contributed by atoms with Gasteiger partial charge in [-0.2, -0.15) is 0 Å². The SMILES string of the molecule is CCNC(=NCCn1ccnc1)NC(C)c1ccc(OCC2CC2)c(F)c1.I. The van der Waals surface area contributed by atoms with Crippen molar-refractivity contribution in [2.45, 2.75) is 39.3 Å². The van der Waals surface area contributed by atoms with Gasteiger partial charge in [0.05, 0.1) is 25.5 Å². The Morgan fingerprint density at radius 3 is 2.89 bits per heavy atom. The fraction of sp³-hybridized carbons (Fsp3) is 0.500. The lowest BCUT2D eigenvalue weighted by molar-refractivity contribution is 0.285. The fourth-order valence-electron chi connectivity index (χ4n) is 2.70. The summed E-state index contributed by atoms with van der Waals surface area (Å²) in [4.78, 5) is 8.60. The van der Waals surface area contributed by atoms with E-state index in [1.54, 1.807) is 18.6 Å². The van der Waals surface area contributed by atoms with E-state index in [1.165, 1.54) is 18.9 Å². The molecule has 1 atom stereocenters. The molecule has 1 fully saturated rings. The number of hydrogen-bond donors (Lipinski definition) is 2. The first kappa shape index (κ1) is 22.4. The first-order chi connectivity index (χ1) is 13.2. The molecule has 1 unspecified atom stereocenters. The van der Waals surface area contributed by atoms with Gasteiger partial charge < -0.3 is 19.9 Å². The van der Waals surface area contributed by atoms with E-state index in [2.05, 4.69) is 20.6 Å². The molecule has 2 N–H and O–H groups in total. The minimum Gasteiger partial charge on any atom is -0.490 e. The molecule has 0 radical (unpaired) electrons. The van der Waals surface area contributed by atoms with Crippen LogP contribution < -0.4 is 15.4 Å². The summed E-state index contributed by atoms with van der Waals surface area (Å²) in [6, 6.07) is 5.07. The van der Waals surface area contributed by atoms with Gasteiger partial charge in [0, 0.05) is 25.5 Å². The molecule has 1 aliphatic rings.